The van der Waals surface area contributed by atoms with Gasteiger partial charge in [0.2, 0.25) is 0 Å². The maximum Gasteiger partial charge on any atom is 0.303 e. The van der Waals surface area contributed by atoms with Gasteiger partial charge < -0.3 is 19.3 Å². The van der Waals surface area contributed by atoms with Gasteiger partial charge in [-0.2, -0.15) is 0 Å². The maximum atomic E-state index is 10.7. The topological polar surface area (TPSA) is 77.9 Å². The summed E-state index contributed by atoms with van der Waals surface area (Å²) >= 11 is 0. The average Bonchev–Trinajstić information content (AvgIpc) is 2.78. The van der Waals surface area contributed by atoms with Crippen molar-refractivity contribution in [3.63, 3.8) is 0 Å². The molecule has 2 heterocycles. The van der Waals surface area contributed by atoms with Crippen LogP contribution in [0.3, 0.4) is 0 Å². The van der Waals surface area contributed by atoms with Crippen molar-refractivity contribution in [3.05, 3.63) is 78.6 Å². The molecule has 1 saturated heterocycles. The molecule has 2 aromatic rings. The van der Waals surface area contributed by atoms with Gasteiger partial charge in [-0.15, -0.1) is 0 Å². The second kappa shape index (κ2) is 10.7. The smallest absolute Gasteiger partial charge is 0.303 e. The Morgan fingerprint density at radius 1 is 1.30 bits per heavy atom. The van der Waals surface area contributed by atoms with E-state index in [1.807, 2.05) is 48.6 Å². The lowest BCUT2D eigenvalue weighted by atomic mass is 9.92. The summed E-state index contributed by atoms with van der Waals surface area (Å²) in [4.78, 5) is 14.9. The number of rotatable bonds is 9. The van der Waals surface area contributed by atoms with E-state index in [1.54, 1.807) is 19.5 Å². The number of pyridine rings is 1. The summed E-state index contributed by atoms with van der Waals surface area (Å²) in [7, 11) is 1.62. The van der Waals surface area contributed by atoms with Gasteiger partial charge in [-0.1, -0.05) is 43.0 Å². The molecule has 0 bridgehead atoms. The fourth-order valence-electron chi connectivity index (χ4n) is 3.48. The Morgan fingerprint density at radius 3 is 2.87 bits per heavy atom. The first-order valence-electron chi connectivity index (χ1n) is 9.96. The molecule has 0 amide bonds. The SMILES string of the molecule is C=C(c1ccccc1OC)C1OCC(C/C=C\CCC(=O)O)C(c2cccnc2)O1. The van der Waals surface area contributed by atoms with E-state index in [0.29, 0.717) is 25.0 Å². The molecule has 0 saturated carbocycles. The summed E-state index contributed by atoms with van der Waals surface area (Å²) in [6, 6.07) is 11.5. The molecule has 6 heteroatoms. The van der Waals surface area contributed by atoms with Gasteiger partial charge in [-0.25, -0.2) is 0 Å². The zero-order valence-electron chi connectivity index (χ0n) is 17.1. The van der Waals surface area contributed by atoms with Gasteiger partial charge in [0.05, 0.1) is 19.8 Å². The summed E-state index contributed by atoms with van der Waals surface area (Å²) in [5.41, 5.74) is 2.53. The number of carboxylic acids is 1. The Bertz CT molecular complexity index is 880. The van der Waals surface area contributed by atoms with E-state index >= 15 is 0 Å². The first-order valence-corrected chi connectivity index (χ1v) is 9.96. The van der Waals surface area contributed by atoms with Crippen molar-refractivity contribution in [1.82, 2.24) is 4.98 Å². The van der Waals surface area contributed by atoms with Crippen LogP contribution in [0.1, 0.15) is 36.5 Å². The molecule has 1 aliphatic heterocycles. The molecular formula is C24H27NO5. The molecule has 158 valence electrons. The van der Waals surface area contributed by atoms with Crippen LogP contribution in [0.15, 0.2) is 67.5 Å². The van der Waals surface area contributed by atoms with Gasteiger partial charge >= 0.3 is 5.97 Å². The van der Waals surface area contributed by atoms with Gasteiger partial charge in [0, 0.05) is 35.9 Å². The fraction of sp³-hybridized carbons (Fsp3) is 0.333. The van der Waals surface area contributed by atoms with E-state index in [4.69, 9.17) is 19.3 Å². The highest BCUT2D eigenvalue weighted by molar-refractivity contribution is 5.70. The molecule has 3 rings (SSSR count). The van der Waals surface area contributed by atoms with Crippen molar-refractivity contribution in [2.24, 2.45) is 5.92 Å². The van der Waals surface area contributed by atoms with Crippen LogP contribution in [0.2, 0.25) is 0 Å². The van der Waals surface area contributed by atoms with Crippen molar-refractivity contribution in [2.45, 2.75) is 31.7 Å². The average molecular weight is 409 g/mol. The third-order valence-electron chi connectivity index (χ3n) is 5.04. The Morgan fingerprint density at radius 2 is 2.13 bits per heavy atom. The lowest BCUT2D eigenvalue weighted by Gasteiger charge is -2.37. The molecule has 1 fully saturated rings. The van der Waals surface area contributed by atoms with Gasteiger partial charge in [-0.3, -0.25) is 9.78 Å². The highest BCUT2D eigenvalue weighted by Gasteiger charge is 2.34. The predicted octanol–water partition coefficient (Wildman–Crippen LogP) is 4.64. The van der Waals surface area contributed by atoms with E-state index in [-0.39, 0.29) is 18.4 Å². The molecule has 3 unspecified atom stereocenters. The van der Waals surface area contributed by atoms with Gasteiger partial charge in [0.25, 0.3) is 0 Å². The van der Waals surface area contributed by atoms with Crippen LogP contribution in [0.25, 0.3) is 5.57 Å². The highest BCUT2D eigenvalue weighted by Crippen LogP contribution is 2.39. The number of aliphatic carboxylic acids is 1. The van der Waals surface area contributed by atoms with Crippen LogP contribution in [0.5, 0.6) is 5.75 Å². The summed E-state index contributed by atoms with van der Waals surface area (Å²) in [5.74, 6) is 0.00280. The van der Waals surface area contributed by atoms with Crippen LogP contribution >= 0.6 is 0 Å². The molecule has 0 radical (unpaired) electrons. The van der Waals surface area contributed by atoms with Crippen LogP contribution in [0, 0.1) is 5.92 Å². The minimum Gasteiger partial charge on any atom is -0.496 e. The quantitative estimate of drug-likeness (QED) is 0.608. The normalized spacial score (nSPS) is 21.4. The maximum absolute atomic E-state index is 10.7. The second-order valence-electron chi connectivity index (χ2n) is 7.13. The lowest BCUT2D eigenvalue weighted by molar-refractivity contribution is -0.210. The largest absolute Gasteiger partial charge is 0.496 e. The number of hydrogen-bond donors (Lipinski definition) is 1. The van der Waals surface area contributed by atoms with Crippen LogP contribution in [0.4, 0.5) is 0 Å². The Kier molecular flexibility index (Phi) is 7.76. The lowest BCUT2D eigenvalue weighted by Crippen LogP contribution is -2.35. The van der Waals surface area contributed by atoms with Crippen LogP contribution in [-0.4, -0.2) is 36.1 Å². The van der Waals surface area contributed by atoms with Gasteiger partial charge in [0.15, 0.2) is 6.29 Å². The number of allylic oxidation sites excluding steroid dienone is 2. The molecule has 30 heavy (non-hydrogen) atoms. The Balaban J connectivity index is 1.74. The zero-order chi connectivity index (χ0) is 21.3. The highest BCUT2D eigenvalue weighted by atomic mass is 16.7. The number of hydrogen-bond acceptors (Lipinski definition) is 5. The third-order valence-corrected chi connectivity index (χ3v) is 5.04. The third kappa shape index (κ3) is 5.55. The number of nitrogens with zero attached hydrogens (tertiary/aromatic N) is 1. The molecule has 3 atom stereocenters. The first kappa shape index (κ1) is 21.7. The molecule has 1 aromatic carbocycles. The molecule has 1 aliphatic rings. The molecule has 0 spiro atoms. The van der Waals surface area contributed by atoms with Crippen molar-refractivity contribution in [1.29, 1.82) is 0 Å². The molecule has 1 N–H and O–H groups in total. The van der Waals surface area contributed by atoms with E-state index in [1.165, 1.54) is 0 Å². The van der Waals surface area contributed by atoms with Crippen LogP contribution in [-0.2, 0) is 14.3 Å². The van der Waals surface area contributed by atoms with Gasteiger partial charge in [-0.05, 0) is 30.5 Å². The monoisotopic (exact) mass is 409 g/mol. The number of carboxylic acid groups (broad SMARTS) is 1. The second-order valence-corrected chi connectivity index (χ2v) is 7.13. The van der Waals surface area contributed by atoms with E-state index in [9.17, 15) is 4.79 Å². The molecular weight excluding hydrogens is 382 g/mol. The Labute approximate surface area is 176 Å². The minimum atomic E-state index is -0.796. The fourth-order valence-corrected chi connectivity index (χ4v) is 3.48. The summed E-state index contributed by atoms with van der Waals surface area (Å²) in [6.07, 6.45) is 7.97. The first-order chi connectivity index (χ1) is 14.6. The number of ether oxygens (including phenoxy) is 3. The number of carbonyl (C=O) groups is 1. The Hall–Kier alpha value is -2.96. The molecule has 1 aromatic heterocycles. The number of methoxy groups -OCH3 is 1. The van der Waals surface area contributed by atoms with Crippen LogP contribution < -0.4 is 4.74 Å². The van der Waals surface area contributed by atoms with Crippen molar-refractivity contribution in [3.8, 4) is 5.75 Å². The van der Waals surface area contributed by atoms with Crippen molar-refractivity contribution < 1.29 is 24.1 Å². The number of benzene rings is 1. The summed E-state index contributed by atoms with van der Waals surface area (Å²) < 4.78 is 17.8. The minimum absolute atomic E-state index is 0.0806. The molecule has 0 aliphatic carbocycles. The van der Waals surface area contributed by atoms with E-state index in [0.717, 1.165) is 16.9 Å². The summed E-state index contributed by atoms with van der Waals surface area (Å²) in [6.45, 7) is 4.69. The van der Waals surface area contributed by atoms with E-state index < -0.39 is 12.3 Å². The molecule has 6 nitrogen and oxygen atoms in total. The standard InChI is InChI=1S/C24H27NO5/c1-17(20-11-6-7-12-21(20)28-2)24-29-16-19(9-4-3-5-13-22(26)27)23(30-24)18-10-8-14-25-15-18/h3-4,6-8,10-12,14-15,19,23-24H,1,5,9,13,16H2,2H3,(H,26,27)/b4-3-. The van der Waals surface area contributed by atoms with Gasteiger partial charge in [0.1, 0.15) is 5.75 Å². The van der Waals surface area contributed by atoms with Crippen molar-refractivity contribution >= 4 is 11.5 Å². The van der Waals surface area contributed by atoms with E-state index in [2.05, 4.69) is 11.6 Å². The number of aromatic nitrogens is 1. The zero-order valence-corrected chi connectivity index (χ0v) is 17.1. The number of para-hydroxylation sites is 1. The summed E-state index contributed by atoms with van der Waals surface area (Å²) in [5, 5.41) is 8.77. The predicted molar refractivity (Wildman–Crippen MR) is 114 cm³/mol. The van der Waals surface area contributed by atoms with Crippen molar-refractivity contribution in [2.75, 3.05) is 13.7 Å².